The van der Waals surface area contributed by atoms with Gasteiger partial charge >= 0.3 is 0 Å². The zero-order chi connectivity index (χ0) is 18.8. The molecule has 1 aliphatic rings. The van der Waals surface area contributed by atoms with Gasteiger partial charge in [-0.25, -0.2) is 9.98 Å². The van der Waals surface area contributed by atoms with Crippen molar-refractivity contribution >= 4 is 23.2 Å². The molecule has 0 saturated carbocycles. The number of likely N-dealkylation sites (N-methyl/N-ethyl adjacent to an activating group) is 1. The van der Waals surface area contributed by atoms with E-state index in [1.165, 1.54) is 4.88 Å². The van der Waals surface area contributed by atoms with Crippen LogP contribution in [0.3, 0.4) is 0 Å². The van der Waals surface area contributed by atoms with Crippen LogP contribution in [0.4, 0.5) is 0 Å². The van der Waals surface area contributed by atoms with E-state index in [0.717, 1.165) is 50.8 Å². The fourth-order valence-electron chi connectivity index (χ4n) is 2.44. The summed E-state index contributed by atoms with van der Waals surface area (Å²) in [6.45, 7) is 8.24. The van der Waals surface area contributed by atoms with Crippen molar-refractivity contribution < 1.29 is 9.53 Å². The van der Waals surface area contributed by atoms with Gasteiger partial charge in [0.05, 0.1) is 19.8 Å². The van der Waals surface area contributed by atoms with Gasteiger partial charge in [-0.3, -0.25) is 9.69 Å². The van der Waals surface area contributed by atoms with E-state index in [2.05, 4.69) is 25.5 Å². The van der Waals surface area contributed by atoms with E-state index in [0.29, 0.717) is 12.5 Å². The number of guanidine groups is 1. The lowest BCUT2D eigenvalue weighted by molar-refractivity contribution is -0.127. The van der Waals surface area contributed by atoms with Gasteiger partial charge in [-0.2, -0.15) is 0 Å². The van der Waals surface area contributed by atoms with Crippen LogP contribution >= 0.6 is 11.3 Å². The molecule has 1 amide bonds. The van der Waals surface area contributed by atoms with Crippen molar-refractivity contribution in [2.24, 2.45) is 4.99 Å². The molecule has 9 heteroatoms. The van der Waals surface area contributed by atoms with Gasteiger partial charge in [0.1, 0.15) is 11.6 Å². The smallest absolute Gasteiger partial charge is 0.243 e. The molecule has 1 aromatic rings. The van der Waals surface area contributed by atoms with Gasteiger partial charge in [0.15, 0.2) is 5.96 Å². The second-order valence-corrected chi connectivity index (χ2v) is 7.72. The standard InChI is InChI=1S/C17H30N6O2S/c1-14-11-19-15(26-14)12-20-17(21-13-16(24)22(2)3)18-5-4-6-23-7-9-25-10-8-23/h11H,4-10,12-13H2,1-3H3,(H2,18,20,21). The molecule has 0 bridgehead atoms. The second kappa shape index (κ2) is 11.1. The summed E-state index contributed by atoms with van der Waals surface area (Å²) >= 11 is 1.66. The third-order valence-corrected chi connectivity index (χ3v) is 4.91. The summed E-state index contributed by atoms with van der Waals surface area (Å²) < 4.78 is 5.37. The highest BCUT2D eigenvalue weighted by Gasteiger charge is 2.10. The molecule has 0 unspecified atom stereocenters. The molecule has 2 N–H and O–H groups in total. The lowest BCUT2D eigenvalue weighted by atomic mass is 10.3. The lowest BCUT2D eigenvalue weighted by Gasteiger charge is -2.26. The number of amides is 1. The van der Waals surface area contributed by atoms with Gasteiger partial charge in [-0.1, -0.05) is 0 Å². The fourth-order valence-corrected chi connectivity index (χ4v) is 3.17. The highest BCUT2D eigenvalue weighted by Crippen LogP contribution is 2.10. The van der Waals surface area contributed by atoms with Gasteiger partial charge in [-0.15, -0.1) is 11.3 Å². The van der Waals surface area contributed by atoms with Crippen molar-refractivity contribution in [1.82, 2.24) is 25.4 Å². The average molecular weight is 383 g/mol. The molecule has 1 aromatic heterocycles. The van der Waals surface area contributed by atoms with E-state index in [9.17, 15) is 4.79 Å². The normalized spacial score (nSPS) is 15.7. The Balaban J connectivity index is 1.78. The van der Waals surface area contributed by atoms with Crippen molar-refractivity contribution in [1.29, 1.82) is 0 Å². The molecule has 1 aliphatic heterocycles. The van der Waals surface area contributed by atoms with Crippen molar-refractivity contribution in [3.8, 4) is 0 Å². The number of rotatable bonds is 8. The Morgan fingerprint density at radius 3 is 2.81 bits per heavy atom. The summed E-state index contributed by atoms with van der Waals surface area (Å²) in [5, 5.41) is 7.59. The predicted octanol–water partition coefficient (Wildman–Crippen LogP) is 0.297. The maximum atomic E-state index is 11.8. The monoisotopic (exact) mass is 382 g/mol. The maximum Gasteiger partial charge on any atom is 0.243 e. The molecule has 8 nitrogen and oxygen atoms in total. The van der Waals surface area contributed by atoms with Gasteiger partial charge in [0.25, 0.3) is 0 Å². The Kier molecular flexibility index (Phi) is 8.79. The minimum absolute atomic E-state index is 0.0236. The molecular weight excluding hydrogens is 352 g/mol. The summed E-state index contributed by atoms with van der Waals surface area (Å²) in [5.41, 5.74) is 0. The van der Waals surface area contributed by atoms with Crippen LogP contribution in [0.2, 0.25) is 0 Å². The molecule has 1 saturated heterocycles. The Hall–Kier alpha value is -1.71. The number of carbonyl (C=O) groups is 1. The van der Waals surface area contributed by atoms with Crippen LogP contribution in [0, 0.1) is 6.92 Å². The first kappa shape index (κ1) is 20.6. The molecule has 0 aromatic carbocycles. The van der Waals surface area contributed by atoms with Crippen molar-refractivity contribution in [3.63, 3.8) is 0 Å². The summed E-state index contributed by atoms with van der Waals surface area (Å²) in [5.74, 6) is 0.625. The van der Waals surface area contributed by atoms with Crippen LogP contribution in [0.25, 0.3) is 0 Å². The fraction of sp³-hybridized carbons (Fsp3) is 0.706. The number of aliphatic imine (C=N–C) groups is 1. The molecule has 2 heterocycles. The first-order valence-electron chi connectivity index (χ1n) is 8.98. The van der Waals surface area contributed by atoms with Crippen LogP contribution in [-0.4, -0.2) is 86.7 Å². The molecule has 146 valence electrons. The van der Waals surface area contributed by atoms with Gasteiger partial charge in [-0.05, 0) is 19.9 Å². The SMILES string of the molecule is Cc1cnc(CNC(=NCC(=O)N(C)C)NCCCN2CCOCC2)s1. The van der Waals surface area contributed by atoms with E-state index in [-0.39, 0.29) is 12.5 Å². The summed E-state index contributed by atoms with van der Waals surface area (Å²) in [6.07, 6.45) is 2.88. The number of carbonyl (C=O) groups excluding carboxylic acids is 1. The minimum Gasteiger partial charge on any atom is -0.379 e. The molecule has 26 heavy (non-hydrogen) atoms. The van der Waals surface area contributed by atoms with Crippen molar-refractivity contribution in [3.05, 3.63) is 16.1 Å². The molecule has 2 rings (SSSR count). The Bertz CT molecular complexity index is 584. The van der Waals surface area contributed by atoms with Crippen LogP contribution in [0.15, 0.2) is 11.2 Å². The van der Waals surface area contributed by atoms with E-state index in [1.807, 2.05) is 13.1 Å². The molecule has 0 spiro atoms. The maximum absolute atomic E-state index is 11.8. The number of hydrogen-bond acceptors (Lipinski definition) is 6. The number of nitrogens with zero attached hydrogens (tertiary/aromatic N) is 4. The number of aromatic nitrogens is 1. The van der Waals surface area contributed by atoms with Crippen LogP contribution < -0.4 is 10.6 Å². The molecule has 0 aliphatic carbocycles. The highest BCUT2D eigenvalue weighted by atomic mass is 32.1. The molecule has 1 fully saturated rings. The Labute approximate surface area is 159 Å². The van der Waals surface area contributed by atoms with Crippen LogP contribution in [0.5, 0.6) is 0 Å². The third-order valence-electron chi connectivity index (χ3n) is 3.99. The number of morpholine rings is 1. The largest absolute Gasteiger partial charge is 0.379 e. The zero-order valence-corrected chi connectivity index (χ0v) is 16.8. The van der Waals surface area contributed by atoms with E-state index in [1.54, 1.807) is 30.3 Å². The highest BCUT2D eigenvalue weighted by molar-refractivity contribution is 7.11. The topological polar surface area (TPSA) is 82.1 Å². The average Bonchev–Trinajstić information content (AvgIpc) is 3.06. The number of aryl methyl sites for hydroxylation is 1. The quantitative estimate of drug-likeness (QED) is 0.382. The summed E-state index contributed by atoms with van der Waals surface area (Å²) in [4.78, 5) is 25.7. The number of ether oxygens (including phenoxy) is 1. The van der Waals surface area contributed by atoms with Crippen molar-refractivity contribution in [2.75, 3.05) is 60.0 Å². The Morgan fingerprint density at radius 2 is 2.15 bits per heavy atom. The lowest BCUT2D eigenvalue weighted by Crippen LogP contribution is -2.41. The predicted molar refractivity (Wildman–Crippen MR) is 105 cm³/mol. The summed E-state index contributed by atoms with van der Waals surface area (Å²) in [6, 6.07) is 0. The van der Waals surface area contributed by atoms with Crippen LogP contribution in [0.1, 0.15) is 16.3 Å². The van der Waals surface area contributed by atoms with Gasteiger partial charge in [0.2, 0.25) is 5.91 Å². The second-order valence-electron chi connectivity index (χ2n) is 6.41. The van der Waals surface area contributed by atoms with E-state index in [4.69, 9.17) is 4.74 Å². The van der Waals surface area contributed by atoms with E-state index >= 15 is 0 Å². The molecular formula is C17H30N6O2S. The van der Waals surface area contributed by atoms with Crippen LogP contribution in [-0.2, 0) is 16.1 Å². The number of nitrogens with one attached hydrogen (secondary N) is 2. The third kappa shape index (κ3) is 7.67. The first-order chi connectivity index (χ1) is 12.5. The number of thiazole rings is 1. The van der Waals surface area contributed by atoms with Gasteiger partial charge < -0.3 is 20.3 Å². The zero-order valence-electron chi connectivity index (χ0n) is 16.0. The van der Waals surface area contributed by atoms with Crippen molar-refractivity contribution in [2.45, 2.75) is 19.9 Å². The molecule has 0 atom stereocenters. The number of hydrogen-bond donors (Lipinski definition) is 2. The minimum atomic E-state index is -0.0236. The molecule has 0 radical (unpaired) electrons. The Morgan fingerprint density at radius 1 is 1.38 bits per heavy atom. The van der Waals surface area contributed by atoms with E-state index < -0.39 is 0 Å². The van der Waals surface area contributed by atoms with Gasteiger partial charge in [0, 0.05) is 44.8 Å². The summed E-state index contributed by atoms with van der Waals surface area (Å²) in [7, 11) is 3.47. The first-order valence-corrected chi connectivity index (χ1v) is 9.80.